The van der Waals surface area contributed by atoms with Gasteiger partial charge in [-0.2, -0.15) is 0 Å². The van der Waals surface area contributed by atoms with E-state index in [0.29, 0.717) is 5.69 Å². The summed E-state index contributed by atoms with van der Waals surface area (Å²) < 4.78 is 0. The van der Waals surface area contributed by atoms with Crippen molar-refractivity contribution in [2.75, 3.05) is 4.90 Å². The Balaban J connectivity index is 1.88. The number of benzene rings is 2. The molecule has 2 aliphatic rings. The number of carbonyl (C=O) groups excluding carboxylic acids is 2. The molecule has 8 heteroatoms. The number of rotatable bonds is 5. The molecule has 1 aliphatic heterocycles. The minimum absolute atomic E-state index is 0.0297. The van der Waals surface area contributed by atoms with Crippen LogP contribution in [0.1, 0.15) is 37.7 Å². The lowest BCUT2D eigenvalue weighted by Crippen LogP contribution is -2.59. The second kappa shape index (κ2) is 8.22. The molecule has 2 amide bonds. The van der Waals surface area contributed by atoms with Crippen LogP contribution in [-0.2, 0) is 15.1 Å². The summed E-state index contributed by atoms with van der Waals surface area (Å²) in [5.74, 6) is -0.905. The van der Waals surface area contributed by atoms with Gasteiger partial charge in [-0.1, -0.05) is 49.6 Å². The van der Waals surface area contributed by atoms with E-state index in [0.717, 1.165) is 32.1 Å². The SMILES string of the molecule is NC1=CC(=O)N(c2ccccc2)C1(C(=O)NC1CCCCC1)c1cccc([N+](=O)[O-])c1. The Labute approximate surface area is 179 Å². The standard InChI is InChI=1S/C23H24N4O4/c24-20-15-21(28)26(18-11-5-2-6-12-18)23(20,16-8-7-13-19(14-16)27(30)31)22(29)25-17-9-3-1-4-10-17/h2,5-8,11-15,17H,1,3-4,9-10,24H2,(H,25,29). The Hall–Kier alpha value is -3.68. The third kappa shape index (κ3) is 3.54. The highest BCUT2D eigenvalue weighted by Crippen LogP contribution is 2.43. The zero-order valence-electron chi connectivity index (χ0n) is 17.0. The lowest BCUT2D eigenvalue weighted by atomic mass is 9.84. The zero-order chi connectivity index (χ0) is 22.0. The van der Waals surface area contributed by atoms with E-state index in [9.17, 15) is 19.7 Å². The molecule has 160 valence electrons. The number of hydrogen-bond donors (Lipinski definition) is 2. The number of amides is 2. The van der Waals surface area contributed by atoms with E-state index >= 15 is 0 Å². The van der Waals surface area contributed by atoms with Gasteiger partial charge in [-0.05, 0) is 25.0 Å². The predicted octanol–water partition coefficient (Wildman–Crippen LogP) is 3.13. The van der Waals surface area contributed by atoms with Gasteiger partial charge in [-0.25, -0.2) is 0 Å². The van der Waals surface area contributed by atoms with E-state index in [2.05, 4.69) is 5.32 Å². The number of carbonyl (C=O) groups is 2. The van der Waals surface area contributed by atoms with E-state index in [-0.39, 0.29) is 23.0 Å². The molecular formula is C23H24N4O4. The van der Waals surface area contributed by atoms with E-state index in [1.165, 1.54) is 29.2 Å². The van der Waals surface area contributed by atoms with Crippen LogP contribution in [0.5, 0.6) is 0 Å². The third-order valence-corrected chi connectivity index (χ3v) is 6.01. The summed E-state index contributed by atoms with van der Waals surface area (Å²) in [4.78, 5) is 39.1. The van der Waals surface area contributed by atoms with Crippen LogP contribution in [-0.4, -0.2) is 22.8 Å². The van der Waals surface area contributed by atoms with Gasteiger partial charge >= 0.3 is 0 Å². The highest BCUT2D eigenvalue weighted by atomic mass is 16.6. The van der Waals surface area contributed by atoms with Crippen molar-refractivity contribution >= 4 is 23.2 Å². The summed E-state index contributed by atoms with van der Waals surface area (Å²) in [6, 6.07) is 14.5. The number of nitro benzene ring substituents is 1. The fraction of sp³-hybridized carbons (Fsp3) is 0.304. The van der Waals surface area contributed by atoms with Crippen molar-refractivity contribution in [2.45, 2.75) is 43.7 Å². The van der Waals surface area contributed by atoms with Crippen LogP contribution in [0.3, 0.4) is 0 Å². The largest absolute Gasteiger partial charge is 0.399 e. The van der Waals surface area contributed by atoms with Crippen LogP contribution in [0.2, 0.25) is 0 Å². The summed E-state index contributed by atoms with van der Waals surface area (Å²) in [7, 11) is 0. The number of para-hydroxylation sites is 1. The van der Waals surface area contributed by atoms with Crippen LogP contribution >= 0.6 is 0 Å². The second-order valence-electron chi connectivity index (χ2n) is 7.94. The second-order valence-corrected chi connectivity index (χ2v) is 7.94. The topological polar surface area (TPSA) is 119 Å². The molecule has 4 rings (SSSR count). The minimum atomic E-state index is -1.71. The first-order valence-corrected chi connectivity index (χ1v) is 10.4. The molecule has 0 spiro atoms. The monoisotopic (exact) mass is 420 g/mol. The molecule has 0 saturated heterocycles. The average Bonchev–Trinajstić information content (AvgIpc) is 3.05. The van der Waals surface area contributed by atoms with Gasteiger partial charge in [-0.3, -0.25) is 24.6 Å². The Bertz CT molecular complexity index is 1050. The molecule has 31 heavy (non-hydrogen) atoms. The normalized spacial score (nSPS) is 21.6. The summed E-state index contributed by atoms with van der Waals surface area (Å²) in [6.45, 7) is 0. The molecule has 0 radical (unpaired) electrons. The van der Waals surface area contributed by atoms with E-state index in [4.69, 9.17) is 5.73 Å². The Morgan fingerprint density at radius 3 is 2.48 bits per heavy atom. The molecule has 1 heterocycles. The van der Waals surface area contributed by atoms with Gasteiger partial charge in [0.05, 0.1) is 10.6 Å². The predicted molar refractivity (Wildman–Crippen MR) is 116 cm³/mol. The maximum absolute atomic E-state index is 13.9. The maximum atomic E-state index is 13.9. The van der Waals surface area contributed by atoms with Gasteiger partial charge < -0.3 is 11.1 Å². The summed E-state index contributed by atoms with van der Waals surface area (Å²) in [6.07, 6.45) is 6.08. The first-order valence-electron chi connectivity index (χ1n) is 10.4. The molecule has 2 aromatic carbocycles. The highest BCUT2D eigenvalue weighted by molar-refractivity contribution is 6.15. The smallest absolute Gasteiger partial charge is 0.269 e. The molecule has 1 fully saturated rings. The van der Waals surface area contributed by atoms with Crippen molar-refractivity contribution in [1.29, 1.82) is 0 Å². The average molecular weight is 420 g/mol. The van der Waals surface area contributed by atoms with Crippen molar-refractivity contribution in [1.82, 2.24) is 5.32 Å². The number of hydrogen-bond acceptors (Lipinski definition) is 5. The van der Waals surface area contributed by atoms with Crippen molar-refractivity contribution in [2.24, 2.45) is 5.73 Å². The van der Waals surface area contributed by atoms with Gasteiger partial charge in [0, 0.05) is 35.5 Å². The van der Waals surface area contributed by atoms with E-state index < -0.39 is 22.3 Å². The van der Waals surface area contributed by atoms with E-state index in [1.807, 2.05) is 0 Å². The summed E-state index contributed by atoms with van der Waals surface area (Å²) >= 11 is 0. The molecule has 0 aromatic heterocycles. The summed E-state index contributed by atoms with van der Waals surface area (Å²) in [5, 5.41) is 14.5. The van der Waals surface area contributed by atoms with Gasteiger partial charge in [0.25, 0.3) is 17.5 Å². The first kappa shape index (κ1) is 20.6. The van der Waals surface area contributed by atoms with Crippen molar-refractivity contribution in [3.8, 4) is 0 Å². The lowest BCUT2D eigenvalue weighted by molar-refractivity contribution is -0.384. The molecular weight excluding hydrogens is 396 g/mol. The van der Waals surface area contributed by atoms with Crippen LogP contribution in [0.15, 0.2) is 66.4 Å². The molecule has 0 bridgehead atoms. The van der Waals surface area contributed by atoms with Crippen LogP contribution in [0.4, 0.5) is 11.4 Å². The number of nitro groups is 1. The van der Waals surface area contributed by atoms with Gasteiger partial charge in [0.2, 0.25) is 0 Å². The van der Waals surface area contributed by atoms with E-state index in [1.54, 1.807) is 36.4 Å². The van der Waals surface area contributed by atoms with Gasteiger partial charge in [-0.15, -0.1) is 0 Å². The molecule has 2 aromatic rings. The van der Waals surface area contributed by atoms with Crippen LogP contribution < -0.4 is 16.0 Å². The molecule has 1 atom stereocenters. The van der Waals surface area contributed by atoms with Gasteiger partial charge in [0.1, 0.15) is 0 Å². The van der Waals surface area contributed by atoms with Gasteiger partial charge in [0.15, 0.2) is 5.54 Å². The Kier molecular flexibility index (Phi) is 5.46. The first-order chi connectivity index (χ1) is 14.9. The van der Waals surface area contributed by atoms with Crippen molar-refractivity contribution < 1.29 is 14.5 Å². The molecule has 1 saturated carbocycles. The number of nitrogens with zero attached hydrogens (tertiary/aromatic N) is 2. The number of anilines is 1. The third-order valence-electron chi connectivity index (χ3n) is 6.01. The molecule has 3 N–H and O–H groups in total. The maximum Gasteiger partial charge on any atom is 0.269 e. The number of nitrogens with two attached hydrogens (primary N) is 1. The fourth-order valence-electron chi connectivity index (χ4n) is 4.54. The molecule has 8 nitrogen and oxygen atoms in total. The van der Waals surface area contributed by atoms with Crippen molar-refractivity contribution in [3.05, 3.63) is 82.0 Å². The minimum Gasteiger partial charge on any atom is -0.399 e. The van der Waals surface area contributed by atoms with Crippen LogP contribution in [0.25, 0.3) is 0 Å². The highest BCUT2D eigenvalue weighted by Gasteiger charge is 2.55. The Morgan fingerprint density at radius 1 is 1.10 bits per heavy atom. The Morgan fingerprint density at radius 2 is 1.81 bits per heavy atom. The quantitative estimate of drug-likeness (QED) is 0.569. The van der Waals surface area contributed by atoms with Crippen molar-refractivity contribution in [3.63, 3.8) is 0 Å². The lowest BCUT2D eigenvalue weighted by Gasteiger charge is -2.40. The van der Waals surface area contributed by atoms with Crippen LogP contribution in [0, 0.1) is 10.1 Å². The molecule has 1 unspecified atom stereocenters. The zero-order valence-corrected chi connectivity index (χ0v) is 17.0. The molecule has 1 aliphatic carbocycles. The fourth-order valence-corrected chi connectivity index (χ4v) is 4.54. The summed E-state index contributed by atoms with van der Waals surface area (Å²) in [5.41, 5.74) is 5.27. The number of non-ortho nitro benzene ring substituents is 1. The number of nitrogens with one attached hydrogen (secondary N) is 1.